The molecule has 6 heteroatoms. The SMILES string of the molecule is Cn1c(Br)nc2c(N)nc(C3CC4CCC3C4)nc21. The van der Waals surface area contributed by atoms with Crippen LogP contribution in [-0.2, 0) is 7.05 Å². The molecule has 5 nitrogen and oxygen atoms in total. The molecular formula is C13H16BrN5. The average molecular weight is 322 g/mol. The molecular weight excluding hydrogens is 306 g/mol. The minimum atomic E-state index is 0.499. The molecule has 2 saturated carbocycles. The lowest BCUT2D eigenvalue weighted by Crippen LogP contribution is -2.13. The Morgan fingerprint density at radius 3 is 2.74 bits per heavy atom. The van der Waals surface area contributed by atoms with Crippen LogP contribution in [0.15, 0.2) is 4.73 Å². The van der Waals surface area contributed by atoms with Gasteiger partial charge in [-0.1, -0.05) is 6.42 Å². The molecule has 4 rings (SSSR count). The number of anilines is 1. The predicted octanol–water partition coefficient (Wildman–Crippen LogP) is 2.61. The molecule has 2 N–H and O–H groups in total. The second-order valence-corrected chi connectivity index (χ2v) is 6.57. The summed E-state index contributed by atoms with van der Waals surface area (Å²) in [6.07, 6.45) is 5.29. The lowest BCUT2D eigenvalue weighted by Gasteiger charge is -2.20. The zero-order chi connectivity index (χ0) is 13.1. The smallest absolute Gasteiger partial charge is 0.179 e. The minimum Gasteiger partial charge on any atom is -0.382 e. The topological polar surface area (TPSA) is 69.6 Å². The first-order chi connectivity index (χ1) is 9.13. The number of aromatic nitrogens is 4. The van der Waals surface area contributed by atoms with Gasteiger partial charge in [0.25, 0.3) is 0 Å². The van der Waals surface area contributed by atoms with Gasteiger partial charge in [-0.25, -0.2) is 15.0 Å². The monoisotopic (exact) mass is 321 g/mol. The van der Waals surface area contributed by atoms with Crippen LogP contribution >= 0.6 is 15.9 Å². The van der Waals surface area contributed by atoms with Crippen LogP contribution in [0.3, 0.4) is 0 Å². The molecule has 0 radical (unpaired) electrons. The summed E-state index contributed by atoms with van der Waals surface area (Å²) in [4.78, 5) is 13.6. The van der Waals surface area contributed by atoms with Crippen LogP contribution in [0.4, 0.5) is 5.82 Å². The summed E-state index contributed by atoms with van der Waals surface area (Å²) < 4.78 is 2.66. The van der Waals surface area contributed by atoms with Crippen LogP contribution in [-0.4, -0.2) is 19.5 Å². The van der Waals surface area contributed by atoms with E-state index in [2.05, 4.69) is 25.9 Å². The summed E-state index contributed by atoms with van der Waals surface area (Å²) in [6.45, 7) is 0. The van der Waals surface area contributed by atoms with E-state index >= 15 is 0 Å². The number of imidazole rings is 1. The van der Waals surface area contributed by atoms with Gasteiger partial charge < -0.3 is 10.3 Å². The first-order valence-electron chi connectivity index (χ1n) is 6.79. The third-order valence-electron chi connectivity index (χ3n) is 4.78. The van der Waals surface area contributed by atoms with E-state index in [1.54, 1.807) is 0 Å². The Balaban J connectivity index is 1.85. The van der Waals surface area contributed by atoms with E-state index in [0.29, 0.717) is 17.3 Å². The van der Waals surface area contributed by atoms with Crippen LogP contribution in [0.2, 0.25) is 0 Å². The number of nitrogens with two attached hydrogens (primary N) is 1. The third kappa shape index (κ3) is 1.62. The number of aryl methyl sites for hydroxylation is 1. The molecule has 2 aliphatic carbocycles. The number of nitrogens with zero attached hydrogens (tertiary/aromatic N) is 4. The number of hydrogen-bond acceptors (Lipinski definition) is 4. The summed E-state index contributed by atoms with van der Waals surface area (Å²) >= 11 is 3.41. The van der Waals surface area contributed by atoms with Crippen LogP contribution in [0.5, 0.6) is 0 Å². The molecule has 2 aromatic rings. The Kier molecular flexibility index (Phi) is 2.40. The number of hydrogen-bond donors (Lipinski definition) is 1. The highest BCUT2D eigenvalue weighted by Gasteiger charge is 2.41. The van der Waals surface area contributed by atoms with Gasteiger partial charge in [-0.2, -0.15) is 0 Å². The van der Waals surface area contributed by atoms with Crippen molar-refractivity contribution >= 4 is 32.9 Å². The Bertz CT molecular complexity index is 665. The van der Waals surface area contributed by atoms with E-state index in [1.165, 1.54) is 25.7 Å². The molecule has 19 heavy (non-hydrogen) atoms. The third-order valence-corrected chi connectivity index (χ3v) is 5.49. The summed E-state index contributed by atoms with van der Waals surface area (Å²) in [7, 11) is 1.94. The molecule has 2 fully saturated rings. The molecule has 2 bridgehead atoms. The first-order valence-corrected chi connectivity index (χ1v) is 7.58. The molecule has 0 amide bonds. The van der Waals surface area contributed by atoms with E-state index in [-0.39, 0.29) is 0 Å². The highest BCUT2D eigenvalue weighted by molar-refractivity contribution is 9.10. The number of halogens is 1. The Morgan fingerprint density at radius 2 is 2.05 bits per heavy atom. The van der Waals surface area contributed by atoms with E-state index in [9.17, 15) is 0 Å². The molecule has 0 aromatic carbocycles. The van der Waals surface area contributed by atoms with Crippen molar-refractivity contribution in [3.8, 4) is 0 Å². The average Bonchev–Trinajstić information content (AvgIpc) is 3.07. The predicted molar refractivity (Wildman–Crippen MR) is 76.6 cm³/mol. The fourth-order valence-electron chi connectivity index (χ4n) is 3.80. The van der Waals surface area contributed by atoms with Gasteiger partial charge in [-0.05, 0) is 47.0 Å². The van der Waals surface area contributed by atoms with Crippen LogP contribution in [0, 0.1) is 11.8 Å². The summed E-state index contributed by atoms with van der Waals surface area (Å²) in [6, 6.07) is 0. The number of fused-ring (bicyclic) bond motifs is 3. The van der Waals surface area contributed by atoms with Crippen molar-refractivity contribution in [2.45, 2.75) is 31.6 Å². The van der Waals surface area contributed by atoms with Crippen molar-refractivity contribution in [2.75, 3.05) is 5.73 Å². The summed E-state index contributed by atoms with van der Waals surface area (Å²) in [5.41, 5.74) is 7.58. The standard InChI is InChI=1S/C13H16BrN5/c1-19-12-9(16-13(19)14)10(15)17-11(18-12)8-5-6-2-3-7(8)4-6/h6-8H,2-5H2,1H3,(H2,15,17,18). The Hall–Kier alpha value is -1.17. The van der Waals surface area contributed by atoms with Crippen molar-refractivity contribution in [3.63, 3.8) is 0 Å². The lowest BCUT2D eigenvalue weighted by atomic mass is 9.88. The molecule has 2 heterocycles. The fourth-order valence-corrected chi connectivity index (χ4v) is 4.15. The maximum Gasteiger partial charge on any atom is 0.179 e. The van der Waals surface area contributed by atoms with Gasteiger partial charge in [0.05, 0.1) is 0 Å². The molecule has 0 saturated heterocycles. The van der Waals surface area contributed by atoms with Crippen molar-refractivity contribution < 1.29 is 0 Å². The van der Waals surface area contributed by atoms with Crippen molar-refractivity contribution in [3.05, 3.63) is 10.6 Å². The quantitative estimate of drug-likeness (QED) is 0.820. The van der Waals surface area contributed by atoms with Crippen LogP contribution in [0.25, 0.3) is 11.2 Å². The first kappa shape index (κ1) is 11.6. The Labute approximate surface area is 119 Å². The van der Waals surface area contributed by atoms with E-state index in [0.717, 1.165) is 28.0 Å². The second-order valence-electron chi connectivity index (χ2n) is 5.86. The van der Waals surface area contributed by atoms with Crippen molar-refractivity contribution in [1.29, 1.82) is 0 Å². The number of nitrogen functional groups attached to an aromatic ring is 1. The molecule has 0 spiro atoms. The lowest BCUT2D eigenvalue weighted by molar-refractivity contribution is 0.406. The van der Waals surface area contributed by atoms with Crippen molar-refractivity contribution in [2.24, 2.45) is 18.9 Å². The van der Waals surface area contributed by atoms with Gasteiger partial charge in [0, 0.05) is 13.0 Å². The largest absolute Gasteiger partial charge is 0.382 e. The van der Waals surface area contributed by atoms with E-state index in [1.807, 2.05) is 11.6 Å². The van der Waals surface area contributed by atoms with E-state index in [4.69, 9.17) is 10.7 Å². The summed E-state index contributed by atoms with van der Waals surface area (Å²) in [5, 5.41) is 0. The van der Waals surface area contributed by atoms with Gasteiger partial charge in [-0.15, -0.1) is 0 Å². The molecule has 2 aliphatic rings. The second kappa shape index (κ2) is 3.91. The molecule has 0 aliphatic heterocycles. The van der Waals surface area contributed by atoms with E-state index < -0.39 is 0 Å². The van der Waals surface area contributed by atoms with Gasteiger partial charge in [-0.3, -0.25) is 0 Å². The minimum absolute atomic E-state index is 0.499. The maximum atomic E-state index is 6.06. The molecule has 100 valence electrons. The van der Waals surface area contributed by atoms with Gasteiger partial charge >= 0.3 is 0 Å². The molecule has 3 atom stereocenters. The zero-order valence-electron chi connectivity index (χ0n) is 10.8. The molecule has 3 unspecified atom stereocenters. The van der Waals surface area contributed by atoms with Gasteiger partial charge in [0.1, 0.15) is 5.82 Å². The highest BCUT2D eigenvalue weighted by atomic mass is 79.9. The van der Waals surface area contributed by atoms with Gasteiger partial charge in [0.15, 0.2) is 21.7 Å². The maximum absolute atomic E-state index is 6.06. The number of rotatable bonds is 1. The normalized spacial score (nSPS) is 29.5. The van der Waals surface area contributed by atoms with Crippen LogP contribution in [0.1, 0.15) is 37.4 Å². The zero-order valence-corrected chi connectivity index (χ0v) is 12.4. The van der Waals surface area contributed by atoms with Crippen LogP contribution < -0.4 is 5.73 Å². The van der Waals surface area contributed by atoms with Gasteiger partial charge in [0.2, 0.25) is 0 Å². The highest BCUT2D eigenvalue weighted by Crippen LogP contribution is 2.52. The summed E-state index contributed by atoms with van der Waals surface area (Å²) in [5.74, 6) is 3.57. The Morgan fingerprint density at radius 1 is 1.21 bits per heavy atom. The fraction of sp³-hybridized carbons (Fsp3) is 0.615. The van der Waals surface area contributed by atoms with Crippen molar-refractivity contribution in [1.82, 2.24) is 19.5 Å². The molecule has 2 aromatic heterocycles.